The highest BCUT2D eigenvalue weighted by atomic mass is 19.1. The van der Waals surface area contributed by atoms with E-state index in [1.807, 2.05) is 6.07 Å². The minimum atomic E-state index is -0.298. The molecule has 2 aliphatic heterocycles. The van der Waals surface area contributed by atoms with Gasteiger partial charge in [0.05, 0.1) is 19.6 Å². The molecule has 0 unspecified atom stereocenters. The Bertz CT molecular complexity index is 886. The van der Waals surface area contributed by atoms with Crippen LogP contribution < -0.4 is 9.64 Å². The number of hydrogen-bond donors (Lipinski definition) is 0. The summed E-state index contributed by atoms with van der Waals surface area (Å²) in [4.78, 5) is 24.8. The van der Waals surface area contributed by atoms with Gasteiger partial charge in [0.1, 0.15) is 18.2 Å². The Balaban J connectivity index is 1.48. The molecule has 0 saturated carbocycles. The lowest BCUT2D eigenvalue weighted by atomic mass is 10.1. The Morgan fingerprint density at radius 3 is 2.76 bits per heavy atom. The lowest BCUT2D eigenvalue weighted by Crippen LogP contribution is -2.27. The SMILES string of the molecule is COCCOc1ncc2c(n1)N(Cc1ccc(CN3CCCC3)cc1F)C(=O)C2. The van der Waals surface area contributed by atoms with E-state index >= 15 is 0 Å². The van der Waals surface area contributed by atoms with Crippen molar-refractivity contribution >= 4 is 11.7 Å². The van der Waals surface area contributed by atoms with Crippen LogP contribution in [-0.2, 0) is 29.0 Å². The molecule has 0 spiro atoms. The smallest absolute Gasteiger partial charge is 0.318 e. The van der Waals surface area contributed by atoms with Crippen LogP contribution in [0.1, 0.15) is 29.5 Å². The number of carbonyl (C=O) groups is 1. The summed E-state index contributed by atoms with van der Waals surface area (Å²) in [5, 5.41) is 0. The van der Waals surface area contributed by atoms with E-state index < -0.39 is 0 Å². The Morgan fingerprint density at radius 1 is 1.17 bits per heavy atom. The van der Waals surface area contributed by atoms with Crippen LogP contribution in [0.3, 0.4) is 0 Å². The first-order valence-corrected chi connectivity index (χ1v) is 9.91. The molecule has 0 N–H and O–H groups in total. The van der Waals surface area contributed by atoms with Crippen LogP contribution in [0.2, 0.25) is 0 Å². The highest BCUT2D eigenvalue weighted by molar-refractivity contribution is 6.00. The van der Waals surface area contributed by atoms with Crippen LogP contribution in [0.5, 0.6) is 6.01 Å². The third-order valence-electron chi connectivity index (χ3n) is 5.29. The molecule has 4 rings (SSSR count). The number of halogens is 1. The number of amides is 1. The van der Waals surface area contributed by atoms with Gasteiger partial charge >= 0.3 is 6.01 Å². The van der Waals surface area contributed by atoms with E-state index in [2.05, 4.69) is 14.9 Å². The largest absolute Gasteiger partial charge is 0.461 e. The molecule has 2 aliphatic rings. The minimum absolute atomic E-state index is 0.121. The van der Waals surface area contributed by atoms with Crippen LogP contribution in [0.15, 0.2) is 24.4 Å². The van der Waals surface area contributed by atoms with Crippen LogP contribution >= 0.6 is 0 Å². The number of anilines is 1. The van der Waals surface area contributed by atoms with E-state index in [1.165, 1.54) is 17.7 Å². The molecule has 2 aromatic rings. The third-order valence-corrected chi connectivity index (χ3v) is 5.29. The van der Waals surface area contributed by atoms with Gasteiger partial charge in [-0.2, -0.15) is 4.98 Å². The van der Waals surface area contributed by atoms with Gasteiger partial charge in [-0.15, -0.1) is 0 Å². The third kappa shape index (κ3) is 4.54. The second kappa shape index (κ2) is 8.84. The van der Waals surface area contributed by atoms with Crippen molar-refractivity contribution in [3.05, 3.63) is 46.9 Å². The fourth-order valence-electron chi connectivity index (χ4n) is 3.75. The molecule has 0 atom stereocenters. The van der Waals surface area contributed by atoms with Crippen LogP contribution in [-0.4, -0.2) is 54.2 Å². The molecule has 1 saturated heterocycles. The van der Waals surface area contributed by atoms with Gasteiger partial charge in [-0.3, -0.25) is 14.6 Å². The maximum atomic E-state index is 14.7. The molecule has 0 radical (unpaired) electrons. The zero-order chi connectivity index (χ0) is 20.2. The number of hydrogen-bond acceptors (Lipinski definition) is 6. The minimum Gasteiger partial charge on any atom is -0.461 e. The predicted octanol–water partition coefficient (Wildman–Crippen LogP) is 2.33. The van der Waals surface area contributed by atoms with Crippen molar-refractivity contribution in [2.45, 2.75) is 32.4 Å². The summed E-state index contributed by atoms with van der Waals surface area (Å²) in [5.74, 6) is 0.0652. The monoisotopic (exact) mass is 400 g/mol. The van der Waals surface area contributed by atoms with Crippen molar-refractivity contribution < 1.29 is 18.7 Å². The zero-order valence-corrected chi connectivity index (χ0v) is 16.6. The first-order chi connectivity index (χ1) is 14.1. The van der Waals surface area contributed by atoms with E-state index in [-0.39, 0.29) is 30.7 Å². The topological polar surface area (TPSA) is 67.8 Å². The van der Waals surface area contributed by atoms with Crippen molar-refractivity contribution in [2.24, 2.45) is 0 Å². The van der Waals surface area contributed by atoms with Crippen molar-refractivity contribution in [3.63, 3.8) is 0 Å². The standard InChI is InChI=1S/C21H25FN4O3/c1-28-8-9-29-21-23-12-17-11-19(27)26(20(17)24-21)14-16-5-4-15(10-18(16)22)13-25-6-2-3-7-25/h4-5,10,12H,2-3,6-9,11,13-14H2,1H3. The average molecular weight is 400 g/mol. The maximum Gasteiger partial charge on any atom is 0.318 e. The molecule has 154 valence electrons. The Morgan fingerprint density at radius 2 is 2.00 bits per heavy atom. The Labute approximate surface area is 169 Å². The number of methoxy groups -OCH3 is 1. The number of nitrogens with zero attached hydrogens (tertiary/aromatic N) is 4. The van der Waals surface area contributed by atoms with E-state index in [4.69, 9.17) is 9.47 Å². The van der Waals surface area contributed by atoms with Gasteiger partial charge in [-0.05, 0) is 37.6 Å². The Kier molecular flexibility index (Phi) is 6.01. The summed E-state index contributed by atoms with van der Waals surface area (Å²) < 4.78 is 25.1. The highest BCUT2D eigenvalue weighted by Crippen LogP contribution is 2.30. The molecule has 1 aromatic heterocycles. The molecule has 1 amide bonds. The van der Waals surface area contributed by atoms with Gasteiger partial charge in [0.25, 0.3) is 0 Å². The zero-order valence-electron chi connectivity index (χ0n) is 16.6. The van der Waals surface area contributed by atoms with E-state index in [0.29, 0.717) is 24.6 Å². The number of aromatic nitrogens is 2. The van der Waals surface area contributed by atoms with E-state index in [1.54, 1.807) is 25.4 Å². The molecule has 29 heavy (non-hydrogen) atoms. The number of fused-ring (bicyclic) bond motifs is 1. The molecule has 0 aliphatic carbocycles. The summed E-state index contributed by atoms with van der Waals surface area (Å²) in [5.41, 5.74) is 2.15. The highest BCUT2D eigenvalue weighted by Gasteiger charge is 2.30. The molecular weight excluding hydrogens is 375 g/mol. The summed E-state index contributed by atoms with van der Waals surface area (Å²) in [6.45, 7) is 3.76. The first kappa shape index (κ1) is 19.7. The van der Waals surface area contributed by atoms with Crippen molar-refractivity contribution in [1.82, 2.24) is 14.9 Å². The molecule has 8 heteroatoms. The van der Waals surface area contributed by atoms with Crippen molar-refractivity contribution in [2.75, 3.05) is 38.3 Å². The number of carbonyl (C=O) groups excluding carboxylic acids is 1. The van der Waals surface area contributed by atoms with Crippen molar-refractivity contribution in [3.8, 4) is 6.01 Å². The van der Waals surface area contributed by atoms with Crippen LogP contribution in [0.4, 0.5) is 10.2 Å². The summed E-state index contributed by atoms with van der Waals surface area (Å²) in [7, 11) is 1.58. The quantitative estimate of drug-likeness (QED) is 0.634. The lowest BCUT2D eigenvalue weighted by molar-refractivity contribution is -0.117. The number of benzene rings is 1. The van der Waals surface area contributed by atoms with E-state index in [0.717, 1.165) is 30.8 Å². The van der Waals surface area contributed by atoms with E-state index in [9.17, 15) is 9.18 Å². The fraction of sp³-hybridized carbons (Fsp3) is 0.476. The maximum absolute atomic E-state index is 14.7. The summed E-state index contributed by atoms with van der Waals surface area (Å²) >= 11 is 0. The van der Waals surface area contributed by atoms with Gasteiger partial charge in [0.2, 0.25) is 5.91 Å². The number of likely N-dealkylation sites (tertiary alicyclic amines) is 1. The molecule has 1 fully saturated rings. The molecule has 3 heterocycles. The molecule has 7 nitrogen and oxygen atoms in total. The van der Waals surface area contributed by atoms with Crippen molar-refractivity contribution in [1.29, 1.82) is 0 Å². The summed E-state index contributed by atoms with van der Waals surface area (Å²) in [6.07, 6.45) is 4.21. The first-order valence-electron chi connectivity index (χ1n) is 9.91. The van der Waals surface area contributed by atoms with Gasteiger partial charge in [-0.1, -0.05) is 12.1 Å². The number of rotatable bonds is 8. The second-order valence-corrected chi connectivity index (χ2v) is 7.41. The normalized spacial score (nSPS) is 16.5. The summed E-state index contributed by atoms with van der Waals surface area (Å²) in [6, 6.07) is 5.47. The molecular formula is C21H25FN4O3. The van der Waals surface area contributed by atoms with Crippen LogP contribution in [0, 0.1) is 5.82 Å². The van der Waals surface area contributed by atoms with Gasteiger partial charge < -0.3 is 9.47 Å². The Hall–Kier alpha value is -2.58. The van der Waals surface area contributed by atoms with Gasteiger partial charge in [0.15, 0.2) is 0 Å². The average Bonchev–Trinajstić information content (AvgIpc) is 3.32. The van der Waals surface area contributed by atoms with Crippen LogP contribution in [0.25, 0.3) is 0 Å². The number of ether oxygens (including phenoxy) is 2. The second-order valence-electron chi connectivity index (χ2n) is 7.41. The predicted molar refractivity (Wildman–Crippen MR) is 105 cm³/mol. The van der Waals surface area contributed by atoms with Gasteiger partial charge in [0, 0.05) is 31.0 Å². The van der Waals surface area contributed by atoms with Gasteiger partial charge in [-0.25, -0.2) is 9.37 Å². The fourth-order valence-corrected chi connectivity index (χ4v) is 3.75. The molecule has 1 aromatic carbocycles. The molecule has 0 bridgehead atoms. The lowest BCUT2D eigenvalue weighted by Gasteiger charge is -2.19.